The van der Waals surface area contributed by atoms with Crippen LogP contribution in [0, 0.1) is 5.92 Å². The maximum atomic E-state index is 11.8. The lowest BCUT2D eigenvalue weighted by molar-refractivity contribution is -0.122. The van der Waals surface area contributed by atoms with Crippen LogP contribution in [0.2, 0.25) is 0 Å². The number of nitrogens with zero attached hydrogens (tertiary/aromatic N) is 1. The molecule has 3 N–H and O–H groups in total. The first-order chi connectivity index (χ1) is 8.16. The van der Waals surface area contributed by atoms with E-state index in [1.807, 2.05) is 25.1 Å². The molecule has 2 atom stereocenters. The number of hydrogen-bond donors (Lipinski definition) is 2. The molecule has 1 amide bonds. The third kappa shape index (κ3) is 3.53. The molecule has 0 bridgehead atoms. The van der Waals surface area contributed by atoms with Crippen LogP contribution in [0.3, 0.4) is 0 Å². The number of nitrogens with one attached hydrogen (secondary N) is 1. The Bertz CT molecular complexity index is 376. The van der Waals surface area contributed by atoms with Crippen molar-refractivity contribution in [3.05, 3.63) is 30.1 Å². The summed E-state index contributed by atoms with van der Waals surface area (Å²) in [6.07, 6.45) is 4.49. The van der Waals surface area contributed by atoms with Crippen LogP contribution in [-0.4, -0.2) is 16.9 Å². The second-order valence-corrected chi connectivity index (χ2v) is 4.75. The molecule has 17 heavy (non-hydrogen) atoms. The topological polar surface area (TPSA) is 68.0 Å². The van der Waals surface area contributed by atoms with E-state index in [0.717, 1.165) is 5.69 Å². The highest BCUT2D eigenvalue weighted by atomic mass is 16.1. The third-order valence-corrected chi connectivity index (χ3v) is 3.16. The standard InChI is InChI=1S/C13H19N3O/c1-9(12-4-2-3-7-15-12)16-13(17)8-11(14)10-5-6-10/h2-4,7,9-11H,5-6,8,14H2,1H3,(H,16,17)/t9-,11?/m0/s1. The minimum Gasteiger partial charge on any atom is -0.348 e. The number of rotatable bonds is 5. The zero-order chi connectivity index (χ0) is 12.3. The van der Waals surface area contributed by atoms with Gasteiger partial charge in [0, 0.05) is 18.7 Å². The molecule has 1 fully saturated rings. The minimum atomic E-state index is -0.0601. The van der Waals surface area contributed by atoms with Crippen molar-refractivity contribution in [1.82, 2.24) is 10.3 Å². The fourth-order valence-corrected chi connectivity index (χ4v) is 1.91. The molecule has 0 radical (unpaired) electrons. The van der Waals surface area contributed by atoms with E-state index in [0.29, 0.717) is 12.3 Å². The normalized spacial score (nSPS) is 18.5. The van der Waals surface area contributed by atoms with Gasteiger partial charge in [-0.05, 0) is 37.8 Å². The molecule has 0 aromatic carbocycles. The molecule has 92 valence electrons. The highest BCUT2D eigenvalue weighted by Gasteiger charge is 2.30. The van der Waals surface area contributed by atoms with Crippen molar-refractivity contribution < 1.29 is 4.79 Å². The second kappa shape index (κ2) is 5.27. The van der Waals surface area contributed by atoms with Crippen molar-refractivity contribution in [3.63, 3.8) is 0 Å². The molecule has 0 spiro atoms. The van der Waals surface area contributed by atoms with Crippen molar-refractivity contribution in [3.8, 4) is 0 Å². The van der Waals surface area contributed by atoms with Gasteiger partial charge in [-0.1, -0.05) is 6.07 Å². The lowest BCUT2D eigenvalue weighted by atomic mass is 10.1. The molecule has 1 aliphatic rings. The third-order valence-electron chi connectivity index (χ3n) is 3.16. The van der Waals surface area contributed by atoms with E-state index in [1.54, 1.807) is 6.20 Å². The number of carbonyl (C=O) groups is 1. The first kappa shape index (κ1) is 12.0. The van der Waals surface area contributed by atoms with Gasteiger partial charge in [-0.2, -0.15) is 0 Å². The molecule has 1 aromatic rings. The predicted molar refractivity (Wildman–Crippen MR) is 66.1 cm³/mol. The monoisotopic (exact) mass is 233 g/mol. The Kier molecular flexibility index (Phi) is 3.74. The van der Waals surface area contributed by atoms with Crippen molar-refractivity contribution in [2.45, 2.75) is 38.3 Å². The lowest BCUT2D eigenvalue weighted by Crippen LogP contribution is -2.34. The van der Waals surface area contributed by atoms with Gasteiger partial charge in [-0.3, -0.25) is 9.78 Å². The molecule has 1 aliphatic carbocycles. The van der Waals surface area contributed by atoms with Gasteiger partial charge in [0.25, 0.3) is 0 Å². The number of nitrogens with two attached hydrogens (primary N) is 1. The summed E-state index contributed by atoms with van der Waals surface area (Å²) >= 11 is 0. The summed E-state index contributed by atoms with van der Waals surface area (Å²) in [4.78, 5) is 16.0. The summed E-state index contributed by atoms with van der Waals surface area (Å²) in [5, 5.41) is 2.93. The van der Waals surface area contributed by atoms with Crippen LogP contribution in [0.1, 0.15) is 37.9 Å². The second-order valence-electron chi connectivity index (χ2n) is 4.75. The molecule has 1 heterocycles. The maximum Gasteiger partial charge on any atom is 0.222 e. The van der Waals surface area contributed by atoms with Crippen molar-refractivity contribution in [1.29, 1.82) is 0 Å². The highest BCUT2D eigenvalue weighted by Crippen LogP contribution is 2.32. The summed E-state index contributed by atoms with van der Waals surface area (Å²) in [7, 11) is 0. The fourth-order valence-electron chi connectivity index (χ4n) is 1.91. The molecular formula is C13H19N3O. The van der Waals surface area contributed by atoms with Crippen molar-refractivity contribution in [2.75, 3.05) is 0 Å². The van der Waals surface area contributed by atoms with E-state index in [1.165, 1.54) is 12.8 Å². The van der Waals surface area contributed by atoms with E-state index >= 15 is 0 Å². The van der Waals surface area contributed by atoms with Gasteiger partial charge >= 0.3 is 0 Å². The first-order valence-electron chi connectivity index (χ1n) is 6.12. The maximum absolute atomic E-state index is 11.8. The molecule has 4 nitrogen and oxygen atoms in total. The number of hydrogen-bond acceptors (Lipinski definition) is 3. The van der Waals surface area contributed by atoms with Gasteiger partial charge in [-0.15, -0.1) is 0 Å². The van der Waals surface area contributed by atoms with Crippen LogP contribution in [0.4, 0.5) is 0 Å². The Balaban J connectivity index is 1.81. The Labute approximate surface area is 102 Å². The summed E-state index contributed by atoms with van der Waals surface area (Å²) < 4.78 is 0. The molecule has 1 saturated carbocycles. The average Bonchev–Trinajstić information content (AvgIpc) is 3.13. The Hall–Kier alpha value is -1.42. The summed E-state index contributed by atoms with van der Waals surface area (Å²) in [6, 6.07) is 5.65. The number of pyridine rings is 1. The van der Waals surface area contributed by atoms with Crippen LogP contribution in [0.5, 0.6) is 0 Å². The van der Waals surface area contributed by atoms with Crippen LogP contribution < -0.4 is 11.1 Å². The smallest absolute Gasteiger partial charge is 0.222 e. The van der Waals surface area contributed by atoms with Gasteiger partial charge in [0.2, 0.25) is 5.91 Å². The molecule has 0 saturated heterocycles. The van der Waals surface area contributed by atoms with Crippen LogP contribution in [0.25, 0.3) is 0 Å². The number of aromatic nitrogens is 1. The Morgan fingerprint density at radius 3 is 2.94 bits per heavy atom. The number of carbonyl (C=O) groups excluding carboxylic acids is 1. The quantitative estimate of drug-likeness (QED) is 0.807. The lowest BCUT2D eigenvalue weighted by Gasteiger charge is -2.15. The van der Waals surface area contributed by atoms with Gasteiger partial charge in [0.1, 0.15) is 0 Å². The molecule has 2 rings (SSSR count). The van der Waals surface area contributed by atoms with Crippen molar-refractivity contribution in [2.24, 2.45) is 11.7 Å². The molecule has 0 aliphatic heterocycles. The highest BCUT2D eigenvalue weighted by molar-refractivity contribution is 5.77. The Morgan fingerprint density at radius 1 is 1.59 bits per heavy atom. The van der Waals surface area contributed by atoms with E-state index in [4.69, 9.17) is 5.73 Å². The van der Waals surface area contributed by atoms with Gasteiger partial charge in [0.15, 0.2) is 0 Å². The fraction of sp³-hybridized carbons (Fsp3) is 0.538. The zero-order valence-corrected chi connectivity index (χ0v) is 10.1. The Morgan fingerprint density at radius 2 is 2.35 bits per heavy atom. The van der Waals surface area contributed by atoms with Crippen LogP contribution in [-0.2, 0) is 4.79 Å². The summed E-state index contributed by atoms with van der Waals surface area (Å²) in [5.74, 6) is 0.577. The van der Waals surface area contributed by atoms with Gasteiger partial charge in [0.05, 0.1) is 11.7 Å². The van der Waals surface area contributed by atoms with Crippen LogP contribution in [0.15, 0.2) is 24.4 Å². The first-order valence-corrected chi connectivity index (χ1v) is 6.12. The minimum absolute atomic E-state index is 0.0163. The van der Waals surface area contributed by atoms with Gasteiger partial charge < -0.3 is 11.1 Å². The van der Waals surface area contributed by atoms with Crippen LogP contribution >= 0.6 is 0 Å². The molecule has 1 aromatic heterocycles. The summed E-state index contributed by atoms with van der Waals surface area (Å²) in [5.41, 5.74) is 6.79. The predicted octanol–water partition coefficient (Wildman–Crippen LogP) is 1.39. The van der Waals surface area contributed by atoms with Crippen molar-refractivity contribution >= 4 is 5.91 Å². The van der Waals surface area contributed by atoms with E-state index < -0.39 is 0 Å². The van der Waals surface area contributed by atoms with Gasteiger partial charge in [-0.25, -0.2) is 0 Å². The van der Waals surface area contributed by atoms with E-state index in [9.17, 15) is 4.79 Å². The molecule has 4 heteroatoms. The summed E-state index contributed by atoms with van der Waals surface area (Å²) in [6.45, 7) is 1.93. The SMILES string of the molecule is C[C@H](NC(=O)CC(N)C1CC1)c1ccccn1. The molecular weight excluding hydrogens is 214 g/mol. The van der Waals surface area contributed by atoms with E-state index in [-0.39, 0.29) is 18.0 Å². The average molecular weight is 233 g/mol. The molecule has 1 unspecified atom stereocenters. The largest absolute Gasteiger partial charge is 0.348 e. The number of amides is 1. The van der Waals surface area contributed by atoms with E-state index in [2.05, 4.69) is 10.3 Å². The zero-order valence-electron chi connectivity index (χ0n) is 10.1.